The first-order valence-electron chi connectivity index (χ1n) is 6.74. The molecule has 0 aliphatic rings. The summed E-state index contributed by atoms with van der Waals surface area (Å²) in [5, 5.41) is 7.99. The van der Waals surface area contributed by atoms with E-state index >= 15 is 0 Å². The van der Waals surface area contributed by atoms with Gasteiger partial charge in [0.25, 0.3) is 0 Å². The van der Waals surface area contributed by atoms with Crippen molar-refractivity contribution in [2.75, 3.05) is 5.32 Å². The molecule has 0 bridgehead atoms. The fraction of sp³-hybridized carbons (Fsp3) is 0.312. The Hall–Kier alpha value is -1.73. The van der Waals surface area contributed by atoms with E-state index in [1.165, 1.54) is 0 Å². The summed E-state index contributed by atoms with van der Waals surface area (Å²) in [7, 11) is 0. The molecule has 104 valence electrons. The molecule has 20 heavy (non-hydrogen) atoms. The molecule has 1 N–H and O–H groups in total. The van der Waals surface area contributed by atoms with Crippen LogP contribution in [0.4, 0.5) is 5.69 Å². The predicted octanol–water partition coefficient (Wildman–Crippen LogP) is 3.82. The summed E-state index contributed by atoms with van der Waals surface area (Å²) in [6.45, 7) is 5.79. The molecule has 0 atom stereocenters. The molecule has 1 aromatic heterocycles. The highest BCUT2D eigenvalue weighted by molar-refractivity contribution is 9.10. The smallest absolute Gasteiger partial charge is 0.0767 e. The van der Waals surface area contributed by atoms with Crippen LogP contribution in [0.3, 0.4) is 0 Å². The Morgan fingerprint density at radius 3 is 2.85 bits per heavy atom. The average molecular weight is 332 g/mol. The van der Waals surface area contributed by atoms with Gasteiger partial charge in [-0.15, -0.1) is 6.42 Å². The topological polar surface area (TPSA) is 29.9 Å². The van der Waals surface area contributed by atoms with Crippen LogP contribution in [0.1, 0.15) is 30.8 Å². The fourth-order valence-electron chi connectivity index (χ4n) is 2.09. The highest BCUT2D eigenvalue weighted by Gasteiger charge is 2.13. The van der Waals surface area contributed by atoms with Gasteiger partial charge in [-0.25, -0.2) is 0 Å². The molecule has 0 spiro atoms. The van der Waals surface area contributed by atoms with Crippen molar-refractivity contribution in [3.05, 3.63) is 45.7 Å². The van der Waals surface area contributed by atoms with Crippen molar-refractivity contribution < 1.29 is 0 Å². The van der Waals surface area contributed by atoms with Gasteiger partial charge in [0, 0.05) is 17.8 Å². The number of halogens is 1. The monoisotopic (exact) mass is 331 g/mol. The van der Waals surface area contributed by atoms with Crippen LogP contribution in [-0.2, 0) is 19.5 Å². The Kier molecular flexibility index (Phi) is 4.86. The summed E-state index contributed by atoms with van der Waals surface area (Å²) >= 11 is 3.65. The van der Waals surface area contributed by atoms with Gasteiger partial charge in [-0.1, -0.05) is 18.9 Å². The Labute approximate surface area is 128 Å². The van der Waals surface area contributed by atoms with E-state index in [2.05, 4.69) is 46.1 Å². The lowest BCUT2D eigenvalue weighted by Crippen LogP contribution is -2.08. The summed E-state index contributed by atoms with van der Waals surface area (Å²) in [4.78, 5) is 0. The molecule has 0 radical (unpaired) electrons. The molecule has 4 heteroatoms. The first-order chi connectivity index (χ1) is 9.69. The van der Waals surface area contributed by atoms with Crippen molar-refractivity contribution in [1.82, 2.24) is 9.78 Å². The molecule has 0 aliphatic carbocycles. The Bertz CT molecular complexity index is 638. The van der Waals surface area contributed by atoms with Crippen molar-refractivity contribution in [2.24, 2.45) is 0 Å². The van der Waals surface area contributed by atoms with Crippen LogP contribution in [0.15, 0.2) is 28.7 Å². The van der Waals surface area contributed by atoms with E-state index in [0.717, 1.165) is 46.6 Å². The summed E-state index contributed by atoms with van der Waals surface area (Å²) in [6.07, 6.45) is 6.34. The Morgan fingerprint density at radius 2 is 2.20 bits per heavy atom. The zero-order valence-electron chi connectivity index (χ0n) is 11.8. The van der Waals surface area contributed by atoms with Gasteiger partial charge >= 0.3 is 0 Å². The molecule has 0 aliphatic heterocycles. The summed E-state index contributed by atoms with van der Waals surface area (Å²) in [6, 6.07) is 7.87. The zero-order chi connectivity index (χ0) is 14.5. The maximum Gasteiger partial charge on any atom is 0.0767 e. The molecular weight excluding hydrogens is 314 g/mol. The third-order valence-electron chi connectivity index (χ3n) is 3.18. The van der Waals surface area contributed by atoms with Crippen LogP contribution in [0.5, 0.6) is 0 Å². The number of terminal acetylenes is 1. The number of aromatic nitrogens is 2. The van der Waals surface area contributed by atoms with Crippen molar-refractivity contribution in [3.8, 4) is 12.3 Å². The molecular formula is C16H18BrN3. The van der Waals surface area contributed by atoms with Gasteiger partial charge < -0.3 is 5.32 Å². The van der Waals surface area contributed by atoms with Crippen molar-refractivity contribution in [2.45, 2.75) is 33.4 Å². The standard InChI is InChI=1S/C16H18BrN3/c1-4-12-8-7-9-13(10-12)18-11-15-16(17)14(5-2)19-20(15)6-3/h1,7-10,18H,5-6,11H2,2-3H3. The van der Waals surface area contributed by atoms with Crippen LogP contribution in [-0.4, -0.2) is 9.78 Å². The van der Waals surface area contributed by atoms with E-state index in [-0.39, 0.29) is 0 Å². The van der Waals surface area contributed by atoms with Gasteiger partial charge in [-0.05, 0) is 47.5 Å². The predicted molar refractivity (Wildman–Crippen MR) is 86.7 cm³/mol. The van der Waals surface area contributed by atoms with E-state index in [9.17, 15) is 0 Å². The molecule has 1 heterocycles. The summed E-state index contributed by atoms with van der Waals surface area (Å²) in [5.74, 6) is 2.65. The van der Waals surface area contributed by atoms with Crippen LogP contribution in [0.25, 0.3) is 0 Å². The van der Waals surface area contributed by atoms with Crippen LogP contribution < -0.4 is 5.32 Å². The normalized spacial score (nSPS) is 10.3. The number of anilines is 1. The van der Waals surface area contributed by atoms with E-state index in [4.69, 9.17) is 6.42 Å². The number of aryl methyl sites for hydroxylation is 2. The van der Waals surface area contributed by atoms with E-state index < -0.39 is 0 Å². The van der Waals surface area contributed by atoms with Crippen molar-refractivity contribution in [3.63, 3.8) is 0 Å². The van der Waals surface area contributed by atoms with E-state index in [1.807, 2.05) is 28.9 Å². The third-order valence-corrected chi connectivity index (χ3v) is 4.10. The molecule has 0 fully saturated rings. The second-order valence-electron chi connectivity index (χ2n) is 4.46. The van der Waals surface area contributed by atoms with Gasteiger partial charge in [-0.2, -0.15) is 5.10 Å². The van der Waals surface area contributed by atoms with Gasteiger partial charge in [0.15, 0.2) is 0 Å². The van der Waals surface area contributed by atoms with Gasteiger partial charge in [-0.3, -0.25) is 4.68 Å². The molecule has 2 rings (SSSR count). The molecule has 2 aromatic rings. The first kappa shape index (κ1) is 14.7. The minimum atomic E-state index is 0.718. The number of nitrogens with zero attached hydrogens (tertiary/aromatic N) is 2. The minimum absolute atomic E-state index is 0.718. The van der Waals surface area contributed by atoms with E-state index in [0.29, 0.717) is 0 Å². The highest BCUT2D eigenvalue weighted by Crippen LogP contribution is 2.23. The maximum absolute atomic E-state index is 5.42. The lowest BCUT2D eigenvalue weighted by molar-refractivity contribution is 0.619. The van der Waals surface area contributed by atoms with Crippen molar-refractivity contribution in [1.29, 1.82) is 0 Å². The lowest BCUT2D eigenvalue weighted by Gasteiger charge is -2.09. The second kappa shape index (κ2) is 6.62. The molecule has 0 unspecified atom stereocenters. The molecule has 3 nitrogen and oxygen atoms in total. The number of hydrogen-bond acceptors (Lipinski definition) is 2. The molecule has 0 saturated carbocycles. The number of benzene rings is 1. The van der Waals surface area contributed by atoms with Crippen LogP contribution in [0, 0.1) is 12.3 Å². The van der Waals surface area contributed by atoms with Crippen LogP contribution in [0.2, 0.25) is 0 Å². The van der Waals surface area contributed by atoms with Gasteiger partial charge in [0.2, 0.25) is 0 Å². The highest BCUT2D eigenvalue weighted by atomic mass is 79.9. The molecule has 1 aromatic carbocycles. The van der Waals surface area contributed by atoms with E-state index in [1.54, 1.807) is 0 Å². The Morgan fingerprint density at radius 1 is 1.40 bits per heavy atom. The maximum atomic E-state index is 5.42. The minimum Gasteiger partial charge on any atom is -0.379 e. The number of hydrogen-bond donors (Lipinski definition) is 1. The third kappa shape index (κ3) is 3.05. The zero-order valence-corrected chi connectivity index (χ0v) is 13.4. The summed E-state index contributed by atoms with van der Waals surface area (Å²) in [5.41, 5.74) is 4.16. The fourth-order valence-corrected chi connectivity index (χ4v) is 2.80. The quantitative estimate of drug-likeness (QED) is 0.844. The molecule has 0 amide bonds. The Balaban J connectivity index is 2.18. The van der Waals surface area contributed by atoms with Crippen molar-refractivity contribution >= 4 is 21.6 Å². The first-order valence-corrected chi connectivity index (χ1v) is 7.53. The van der Waals surface area contributed by atoms with Gasteiger partial charge in [0.1, 0.15) is 0 Å². The molecule has 0 saturated heterocycles. The lowest BCUT2D eigenvalue weighted by atomic mass is 10.2. The largest absolute Gasteiger partial charge is 0.379 e. The SMILES string of the molecule is C#Cc1cccc(NCc2c(Br)c(CC)nn2CC)c1. The number of rotatable bonds is 5. The number of nitrogens with one attached hydrogen (secondary N) is 1. The second-order valence-corrected chi connectivity index (χ2v) is 5.25. The van der Waals surface area contributed by atoms with Crippen LogP contribution >= 0.6 is 15.9 Å². The van der Waals surface area contributed by atoms with Gasteiger partial charge in [0.05, 0.1) is 22.4 Å². The average Bonchev–Trinajstić information content (AvgIpc) is 2.81. The summed E-state index contributed by atoms with van der Waals surface area (Å²) < 4.78 is 3.13.